The molecule has 2 aromatic carbocycles. The van der Waals surface area contributed by atoms with Gasteiger partial charge in [0.25, 0.3) is 11.5 Å². The van der Waals surface area contributed by atoms with Gasteiger partial charge in [0.15, 0.2) is 5.79 Å². The summed E-state index contributed by atoms with van der Waals surface area (Å²) in [7, 11) is 0. The van der Waals surface area contributed by atoms with Gasteiger partial charge in [-0.2, -0.15) is 0 Å². The number of fused-ring (bicyclic) bond motifs is 1. The smallest absolute Gasteiger partial charge is 0.262 e. The molecule has 1 amide bonds. The summed E-state index contributed by atoms with van der Waals surface area (Å²) in [5.41, 5.74) is 3.44. The van der Waals surface area contributed by atoms with Crippen LogP contribution in [0.25, 0.3) is 16.5 Å². The van der Waals surface area contributed by atoms with Crippen LogP contribution in [0.5, 0.6) is 0 Å². The molecular formula is C25H26N2O4. The minimum Gasteiger partial charge on any atom is -0.347 e. The zero-order valence-electron chi connectivity index (χ0n) is 17.9. The quantitative estimate of drug-likeness (QED) is 0.638. The summed E-state index contributed by atoms with van der Waals surface area (Å²) < 4.78 is 13.2. The molecule has 0 bridgehead atoms. The molecule has 1 aromatic heterocycles. The molecule has 2 fully saturated rings. The number of amides is 1. The van der Waals surface area contributed by atoms with Gasteiger partial charge in [-0.05, 0) is 43.2 Å². The average Bonchev–Trinajstić information content (AvgIpc) is 3.24. The first-order valence-electron chi connectivity index (χ1n) is 10.8. The molecule has 5 rings (SSSR count). The lowest BCUT2D eigenvalue weighted by molar-refractivity contribution is -0.181. The summed E-state index contributed by atoms with van der Waals surface area (Å²) in [6.45, 7) is 6.41. The fourth-order valence-corrected chi connectivity index (χ4v) is 4.54. The van der Waals surface area contributed by atoms with Gasteiger partial charge in [-0.3, -0.25) is 14.2 Å². The second-order valence-corrected chi connectivity index (χ2v) is 8.43. The first-order chi connectivity index (χ1) is 15.0. The van der Waals surface area contributed by atoms with E-state index in [-0.39, 0.29) is 11.5 Å². The SMILES string of the molecule is Cc1ccc(-n2cc(C(=O)N3CCC4(CC3)OCCO4)c3ccccc3c2=O)cc1C. The fourth-order valence-electron chi connectivity index (χ4n) is 4.54. The maximum absolute atomic E-state index is 13.6. The molecule has 6 nitrogen and oxygen atoms in total. The zero-order chi connectivity index (χ0) is 21.6. The van der Waals surface area contributed by atoms with E-state index in [4.69, 9.17) is 9.47 Å². The predicted molar refractivity (Wildman–Crippen MR) is 119 cm³/mol. The highest BCUT2D eigenvalue weighted by atomic mass is 16.7. The van der Waals surface area contributed by atoms with Crippen molar-refractivity contribution in [2.24, 2.45) is 0 Å². The highest BCUT2D eigenvalue weighted by Gasteiger charge is 2.41. The largest absolute Gasteiger partial charge is 0.347 e. The number of piperidine rings is 1. The molecule has 0 radical (unpaired) electrons. The second kappa shape index (κ2) is 7.62. The number of rotatable bonds is 2. The van der Waals surface area contributed by atoms with Crippen LogP contribution in [0.4, 0.5) is 0 Å². The topological polar surface area (TPSA) is 60.8 Å². The summed E-state index contributed by atoms with van der Waals surface area (Å²) >= 11 is 0. The molecule has 0 atom stereocenters. The van der Waals surface area contributed by atoms with Crippen LogP contribution in [0.3, 0.4) is 0 Å². The number of carbonyl (C=O) groups excluding carboxylic acids is 1. The Labute approximate surface area is 181 Å². The number of carbonyl (C=O) groups is 1. The lowest BCUT2D eigenvalue weighted by atomic mass is 10.0. The Morgan fingerprint density at radius 2 is 1.61 bits per heavy atom. The summed E-state index contributed by atoms with van der Waals surface area (Å²) in [5.74, 6) is -0.599. The van der Waals surface area contributed by atoms with Gasteiger partial charge in [0.05, 0.1) is 18.8 Å². The van der Waals surface area contributed by atoms with Crippen molar-refractivity contribution >= 4 is 16.7 Å². The monoisotopic (exact) mass is 418 g/mol. The van der Waals surface area contributed by atoms with Gasteiger partial charge < -0.3 is 14.4 Å². The van der Waals surface area contributed by atoms with Crippen LogP contribution < -0.4 is 5.56 Å². The van der Waals surface area contributed by atoms with E-state index in [1.54, 1.807) is 16.8 Å². The van der Waals surface area contributed by atoms with E-state index >= 15 is 0 Å². The Bertz CT molecular complexity index is 1210. The molecule has 2 saturated heterocycles. The Balaban J connectivity index is 1.56. The number of aryl methyl sites for hydroxylation is 2. The first kappa shape index (κ1) is 20.0. The molecule has 2 aliphatic heterocycles. The summed E-state index contributed by atoms with van der Waals surface area (Å²) in [4.78, 5) is 28.7. The van der Waals surface area contributed by atoms with Crippen LogP contribution in [0.15, 0.2) is 53.5 Å². The summed E-state index contributed by atoms with van der Waals surface area (Å²) in [5, 5.41) is 1.23. The van der Waals surface area contributed by atoms with Crippen molar-refractivity contribution < 1.29 is 14.3 Å². The molecule has 160 valence electrons. The average molecular weight is 418 g/mol. The highest BCUT2D eigenvalue weighted by molar-refractivity contribution is 6.06. The van der Waals surface area contributed by atoms with Crippen LogP contribution >= 0.6 is 0 Å². The lowest BCUT2D eigenvalue weighted by Gasteiger charge is -2.37. The van der Waals surface area contributed by atoms with Crippen LogP contribution in [-0.2, 0) is 9.47 Å². The van der Waals surface area contributed by atoms with Crippen LogP contribution in [0.1, 0.15) is 34.3 Å². The number of likely N-dealkylation sites (tertiary alicyclic amines) is 1. The molecule has 0 aliphatic carbocycles. The van der Waals surface area contributed by atoms with Crippen LogP contribution in [0.2, 0.25) is 0 Å². The first-order valence-corrected chi connectivity index (χ1v) is 10.8. The maximum atomic E-state index is 13.6. The molecular weight excluding hydrogens is 392 g/mol. The fraction of sp³-hybridized carbons (Fsp3) is 0.360. The Kier molecular flexibility index (Phi) is 4.91. The van der Waals surface area contributed by atoms with E-state index in [2.05, 4.69) is 0 Å². The minimum atomic E-state index is -0.531. The number of hydrogen-bond acceptors (Lipinski definition) is 4. The van der Waals surface area contributed by atoms with E-state index < -0.39 is 5.79 Å². The van der Waals surface area contributed by atoms with Crippen LogP contribution in [-0.4, -0.2) is 47.5 Å². The van der Waals surface area contributed by atoms with Crippen molar-refractivity contribution in [3.8, 4) is 5.69 Å². The van der Waals surface area contributed by atoms with E-state index in [9.17, 15) is 9.59 Å². The van der Waals surface area contributed by atoms with Crippen LogP contribution in [0, 0.1) is 13.8 Å². The van der Waals surface area contributed by atoms with Crippen molar-refractivity contribution in [3.63, 3.8) is 0 Å². The van der Waals surface area contributed by atoms with Gasteiger partial charge in [-0.25, -0.2) is 0 Å². The normalized spacial score (nSPS) is 18.1. The second-order valence-electron chi connectivity index (χ2n) is 8.43. The van der Waals surface area contributed by atoms with E-state index in [0.717, 1.165) is 16.8 Å². The molecule has 0 saturated carbocycles. The van der Waals surface area contributed by atoms with Gasteiger partial charge in [0, 0.05) is 48.6 Å². The third-order valence-corrected chi connectivity index (χ3v) is 6.55. The molecule has 6 heteroatoms. The number of hydrogen-bond donors (Lipinski definition) is 0. The van der Waals surface area contributed by atoms with Crippen molar-refractivity contribution in [1.82, 2.24) is 9.47 Å². The summed E-state index contributed by atoms with van der Waals surface area (Å²) in [6.07, 6.45) is 3.02. The summed E-state index contributed by atoms with van der Waals surface area (Å²) in [6, 6.07) is 13.2. The number of benzene rings is 2. The molecule has 1 spiro atoms. The van der Waals surface area contributed by atoms with E-state index in [0.29, 0.717) is 55.5 Å². The molecule has 2 aliphatic rings. The van der Waals surface area contributed by atoms with Crippen molar-refractivity contribution in [1.29, 1.82) is 0 Å². The Hall–Kier alpha value is -2.96. The Morgan fingerprint density at radius 3 is 2.29 bits per heavy atom. The van der Waals surface area contributed by atoms with Gasteiger partial charge in [0.1, 0.15) is 0 Å². The number of aromatic nitrogens is 1. The lowest BCUT2D eigenvalue weighted by Crippen LogP contribution is -2.47. The Morgan fingerprint density at radius 1 is 0.935 bits per heavy atom. The molecule has 31 heavy (non-hydrogen) atoms. The van der Waals surface area contributed by atoms with Crippen molar-refractivity contribution in [2.75, 3.05) is 26.3 Å². The van der Waals surface area contributed by atoms with Gasteiger partial charge in [0.2, 0.25) is 0 Å². The molecule has 0 N–H and O–H groups in total. The standard InChI is InChI=1S/C25H26N2O4/c1-17-7-8-19(15-18(17)2)27-16-22(20-5-3-4-6-21(20)24(27)29)23(28)26-11-9-25(10-12-26)30-13-14-31-25/h3-8,15-16H,9-14H2,1-2H3. The van der Waals surface area contributed by atoms with Gasteiger partial charge >= 0.3 is 0 Å². The highest BCUT2D eigenvalue weighted by Crippen LogP contribution is 2.32. The number of pyridine rings is 1. The maximum Gasteiger partial charge on any atom is 0.262 e. The molecule has 3 aromatic rings. The number of ether oxygens (including phenoxy) is 2. The third kappa shape index (κ3) is 3.46. The number of nitrogens with zero attached hydrogens (tertiary/aromatic N) is 2. The van der Waals surface area contributed by atoms with Gasteiger partial charge in [-0.1, -0.05) is 24.3 Å². The minimum absolute atomic E-state index is 0.0679. The molecule has 3 heterocycles. The zero-order valence-corrected chi connectivity index (χ0v) is 17.9. The van der Waals surface area contributed by atoms with Gasteiger partial charge in [-0.15, -0.1) is 0 Å². The molecule has 0 unspecified atom stereocenters. The third-order valence-electron chi connectivity index (χ3n) is 6.55. The van der Waals surface area contributed by atoms with E-state index in [1.807, 2.05) is 55.1 Å². The predicted octanol–water partition coefficient (Wildman–Crippen LogP) is 3.59. The van der Waals surface area contributed by atoms with E-state index in [1.165, 1.54) is 0 Å². The van der Waals surface area contributed by atoms with Crippen molar-refractivity contribution in [2.45, 2.75) is 32.5 Å². The van der Waals surface area contributed by atoms with Crippen molar-refractivity contribution in [3.05, 3.63) is 75.7 Å².